The van der Waals surface area contributed by atoms with E-state index < -0.39 is 28.1 Å². The van der Waals surface area contributed by atoms with Crippen LogP contribution in [0, 0.1) is 22.0 Å². The van der Waals surface area contributed by atoms with E-state index in [1.807, 2.05) is 48.5 Å². The van der Waals surface area contributed by atoms with Crippen LogP contribution in [0.2, 0.25) is 5.02 Å². The number of nitrogens with one attached hydrogen (secondary N) is 1. The van der Waals surface area contributed by atoms with E-state index in [9.17, 15) is 24.5 Å². The standard InChI is InChI=1S/C32H21ClN4O5/c33-24-11-5-6-12-25(24)36-30(39)27-26-20-7-1-3-9-22(20)32(28(27)31(36)40,23-10-4-2-8-21(23)26)17-34-35-29(38)18-13-15-19(16-14-18)37(41)42/h1-17,26-28H,(H,35,38)/b34-17-/t26?,27-,28+,32?/m0/s1. The number of carbonyl (C=O) groups is 3. The van der Waals surface area contributed by atoms with E-state index in [-0.39, 0.29) is 29.0 Å². The van der Waals surface area contributed by atoms with Crippen molar-refractivity contribution in [1.29, 1.82) is 0 Å². The number of carbonyl (C=O) groups excluding carboxylic acids is 3. The van der Waals surface area contributed by atoms with Crippen LogP contribution in [0.4, 0.5) is 11.4 Å². The number of hydrazone groups is 1. The fourth-order valence-electron chi connectivity index (χ4n) is 6.91. The van der Waals surface area contributed by atoms with Gasteiger partial charge in [-0.05, 0) is 46.5 Å². The number of anilines is 1. The highest BCUT2D eigenvalue weighted by Crippen LogP contribution is 2.63. The number of halogens is 1. The monoisotopic (exact) mass is 576 g/mol. The van der Waals surface area contributed by atoms with Gasteiger partial charge in [0.2, 0.25) is 11.8 Å². The van der Waals surface area contributed by atoms with Crippen LogP contribution in [0.5, 0.6) is 0 Å². The first-order valence-corrected chi connectivity index (χ1v) is 13.6. The number of hydrogen-bond acceptors (Lipinski definition) is 6. The molecule has 42 heavy (non-hydrogen) atoms. The number of rotatable bonds is 5. The molecule has 0 aromatic heterocycles. The Labute approximate surface area is 244 Å². The summed E-state index contributed by atoms with van der Waals surface area (Å²) in [7, 11) is 0. The Hall–Kier alpha value is -5.15. The van der Waals surface area contributed by atoms with Gasteiger partial charge in [-0.3, -0.25) is 24.5 Å². The van der Waals surface area contributed by atoms with Gasteiger partial charge in [-0.25, -0.2) is 10.3 Å². The molecule has 0 spiro atoms. The molecule has 3 amide bonds. The molecule has 2 bridgehead atoms. The first-order chi connectivity index (χ1) is 20.3. The summed E-state index contributed by atoms with van der Waals surface area (Å²) in [5, 5.41) is 15.6. The van der Waals surface area contributed by atoms with Crippen LogP contribution in [-0.4, -0.2) is 28.9 Å². The second-order valence-electron chi connectivity index (χ2n) is 10.5. The Balaban J connectivity index is 1.37. The Morgan fingerprint density at radius 1 is 0.881 bits per heavy atom. The minimum atomic E-state index is -1.17. The van der Waals surface area contributed by atoms with Gasteiger partial charge < -0.3 is 0 Å². The maximum Gasteiger partial charge on any atom is 0.271 e. The van der Waals surface area contributed by atoms with Crippen LogP contribution in [0.1, 0.15) is 38.5 Å². The lowest BCUT2D eigenvalue weighted by Gasteiger charge is -2.52. The summed E-state index contributed by atoms with van der Waals surface area (Å²) in [5.41, 5.74) is 5.24. The van der Waals surface area contributed by atoms with E-state index >= 15 is 0 Å². The van der Waals surface area contributed by atoms with Gasteiger partial charge in [-0.1, -0.05) is 72.3 Å². The van der Waals surface area contributed by atoms with Gasteiger partial charge in [0, 0.05) is 29.8 Å². The lowest BCUT2D eigenvalue weighted by atomic mass is 9.47. The van der Waals surface area contributed by atoms with Gasteiger partial charge >= 0.3 is 0 Å². The van der Waals surface area contributed by atoms with Crippen LogP contribution >= 0.6 is 11.6 Å². The summed E-state index contributed by atoms with van der Waals surface area (Å²) in [6, 6.07) is 27.3. The number of nitro benzene ring substituents is 1. The Morgan fingerprint density at radius 2 is 1.48 bits per heavy atom. The maximum atomic E-state index is 14.4. The van der Waals surface area contributed by atoms with Crippen molar-refractivity contribution in [2.45, 2.75) is 11.3 Å². The summed E-state index contributed by atoms with van der Waals surface area (Å²) in [6.45, 7) is 0. The number of hydrogen-bond donors (Lipinski definition) is 1. The molecule has 10 heteroatoms. The lowest BCUT2D eigenvalue weighted by Crippen LogP contribution is -2.54. The van der Waals surface area contributed by atoms with E-state index in [0.29, 0.717) is 10.7 Å². The van der Waals surface area contributed by atoms with Crippen molar-refractivity contribution in [2.75, 3.05) is 4.90 Å². The third kappa shape index (κ3) is 3.50. The van der Waals surface area contributed by atoms with Crippen LogP contribution < -0.4 is 10.3 Å². The number of amides is 3. The van der Waals surface area contributed by atoms with Crippen molar-refractivity contribution in [2.24, 2.45) is 16.9 Å². The molecule has 1 aliphatic heterocycles. The third-order valence-corrected chi connectivity index (χ3v) is 8.87. The SMILES string of the molecule is O=C(N/N=C\C12c3ccccc3C(c3ccccc31)[C@@H]1C(=O)N(c3ccccc3Cl)C(=O)[C@@H]12)c1ccc([N+](=O)[O-])cc1. The fraction of sp³-hybridized carbons (Fsp3) is 0.125. The van der Waals surface area contributed by atoms with Gasteiger partial charge in [-0.15, -0.1) is 0 Å². The molecule has 0 unspecified atom stereocenters. The molecule has 9 nitrogen and oxygen atoms in total. The smallest absolute Gasteiger partial charge is 0.271 e. The van der Waals surface area contributed by atoms with Crippen molar-refractivity contribution in [3.8, 4) is 0 Å². The highest BCUT2D eigenvalue weighted by molar-refractivity contribution is 6.36. The first-order valence-electron chi connectivity index (χ1n) is 13.2. The van der Waals surface area contributed by atoms with Gasteiger partial charge in [0.25, 0.3) is 11.6 Å². The maximum absolute atomic E-state index is 14.4. The van der Waals surface area contributed by atoms with Gasteiger partial charge in [0.15, 0.2) is 0 Å². The molecule has 4 aliphatic rings. The second-order valence-corrected chi connectivity index (χ2v) is 10.9. The van der Waals surface area contributed by atoms with Gasteiger partial charge in [-0.2, -0.15) is 5.10 Å². The van der Waals surface area contributed by atoms with Crippen molar-refractivity contribution < 1.29 is 19.3 Å². The zero-order valence-electron chi connectivity index (χ0n) is 21.8. The summed E-state index contributed by atoms with van der Waals surface area (Å²) < 4.78 is 0. The third-order valence-electron chi connectivity index (χ3n) is 8.55. The first kappa shape index (κ1) is 25.8. The van der Waals surface area contributed by atoms with Crippen molar-refractivity contribution in [3.63, 3.8) is 0 Å². The molecule has 206 valence electrons. The molecule has 0 radical (unpaired) electrons. The molecule has 0 saturated carbocycles. The molecular formula is C32H21ClN4O5. The highest BCUT2D eigenvalue weighted by Gasteiger charge is 2.68. The van der Waals surface area contributed by atoms with E-state index in [2.05, 4.69) is 10.5 Å². The predicted molar refractivity (Wildman–Crippen MR) is 155 cm³/mol. The highest BCUT2D eigenvalue weighted by atomic mass is 35.5. The van der Waals surface area contributed by atoms with Crippen molar-refractivity contribution >= 4 is 46.9 Å². The largest absolute Gasteiger partial charge is 0.274 e. The van der Waals surface area contributed by atoms with Crippen molar-refractivity contribution in [3.05, 3.63) is 140 Å². The molecule has 1 saturated heterocycles. The lowest BCUT2D eigenvalue weighted by molar-refractivity contribution is -0.384. The number of para-hydroxylation sites is 1. The number of non-ortho nitro benzene ring substituents is 1. The molecule has 3 aliphatic carbocycles. The van der Waals surface area contributed by atoms with E-state index in [1.165, 1.54) is 29.2 Å². The van der Waals surface area contributed by atoms with E-state index in [4.69, 9.17) is 11.6 Å². The molecular weight excluding hydrogens is 556 g/mol. The Morgan fingerprint density at radius 3 is 2.10 bits per heavy atom. The van der Waals surface area contributed by atoms with Gasteiger partial charge in [0.1, 0.15) is 0 Å². The number of nitro groups is 1. The number of benzene rings is 4. The summed E-state index contributed by atoms with van der Waals surface area (Å²) in [4.78, 5) is 53.1. The molecule has 1 N–H and O–H groups in total. The number of nitrogens with zero attached hydrogens (tertiary/aromatic N) is 3. The van der Waals surface area contributed by atoms with Crippen LogP contribution in [0.3, 0.4) is 0 Å². The normalized spacial score (nSPS) is 23.5. The minimum Gasteiger partial charge on any atom is -0.274 e. The Bertz CT molecular complexity index is 1810. The summed E-state index contributed by atoms with van der Waals surface area (Å²) >= 11 is 6.48. The summed E-state index contributed by atoms with van der Waals surface area (Å²) in [5.74, 6) is -3.20. The molecule has 4 aromatic carbocycles. The molecule has 2 atom stereocenters. The van der Waals surface area contributed by atoms with Crippen LogP contribution in [-0.2, 0) is 15.0 Å². The average Bonchev–Trinajstić information content (AvgIpc) is 3.28. The molecule has 1 heterocycles. The Kier molecular flexibility index (Phi) is 5.81. The second kappa shape index (κ2) is 9.46. The zero-order valence-corrected chi connectivity index (χ0v) is 22.6. The van der Waals surface area contributed by atoms with Crippen LogP contribution in [0.25, 0.3) is 0 Å². The molecule has 4 aromatic rings. The van der Waals surface area contributed by atoms with Crippen molar-refractivity contribution in [1.82, 2.24) is 5.43 Å². The topological polar surface area (TPSA) is 122 Å². The summed E-state index contributed by atoms with van der Waals surface area (Å²) in [6.07, 6.45) is 1.56. The molecule has 8 rings (SSSR count). The van der Waals surface area contributed by atoms with E-state index in [0.717, 1.165) is 22.3 Å². The zero-order chi connectivity index (χ0) is 29.2. The molecule has 1 fully saturated rings. The fourth-order valence-corrected chi connectivity index (χ4v) is 7.13. The van der Waals surface area contributed by atoms with E-state index in [1.54, 1.807) is 30.5 Å². The quantitative estimate of drug-likeness (QED) is 0.151. The predicted octanol–water partition coefficient (Wildman–Crippen LogP) is 5.21. The number of imide groups is 1. The average molecular weight is 577 g/mol. The van der Waals surface area contributed by atoms with Crippen LogP contribution in [0.15, 0.2) is 102 Å². The van der Waals surface area contributed by atoms with Gasteiger partial charge in [0.05, 0.1) is 32.9 Å². The minimum absolute atomic E-state index is 0.139.